The van der Waals surface area contributed by atoms with Crippen LogP contribution in [0.1, 0.15) is 12.0 Å². The summed E-state index contributed by atoms with van der Waals surface area (Å²) in [5.74, 6) is 0.439. The van der Waals surface area contributed by atoms with Gasteiger partial charge in [0, 0.05) is 11.6 Å². The van der Waals surface area contributed by atoms with E-state index in [2.05, 4.69) is 5.32 Å². The molecule has 1 amide bonds. The topological polar surface area (TPSA) is 47.6 Å². The summed E-state index contributed by atoms with van der Waals surface area (Å²) in [7, 11) is 0. The van der Waals surface area contributed by atoms with E-state index >= 15 is 0 Å². The van der Waals surface area contributed by atoms with Crippen LogP contribution in [0.25, 0.3) is 0 Å². The van der Waals surface area contributed by atoms with Crippen molar-refractivity contribution in [1.82, 2.24) is 5.32 Å². The van der Waals surface area contributed by atoms with E-state index in [1.807, 2.05) is 30.3 Å². The van der Waals surface area contributed by atoms with Crippen molar-refractivity contribution < 1.29 is 14.3 Å². The standard InChI is InChI=1S/C18H19Cl2NO3/c19-15-7-8-17(16(20)11-15)24-10-4-9-21-18(22)13-23-12-14-5-2-1-3-6-14/h1-3,5-8,11H,4,9-10,12-13H2,(H,21,22). The molecule has 0 heterocycles. The number of halogens is 2. The first kappa shape index (κ1) is 18.6. The number of hydrogen-bond acceptors (Lipinski definition) is 3. The largest absolute Gasteiger partial charge is 0.492 e. The van der Waals surface area contributed by atoms with Gasteiger partial charge in [0.05, 0.1) is 18.2 Å². The molecule has 0 aliphatic heterocycles. The first-order chi connectivity index (χ1) is 11.6. The van der Waals surface area contributed by atoms with Gasteiger partial charge in [-0.05, 0) is 30.2 Å². The van der Waals surface area contributed by atoms with Crippen molar-refractivity contribution in [1.29, 1.82) is 0 Å². The van der Waals surface area contributed by atoms with Crippen molar-refractivity contribution in [2.24, 2.45) is 0 Å². The summed E-state index contributed by atoms with van der Waals surface area (Å²) in [5, 5.41) is 3.82. The van der Waals surface area contributed by atoms with Gasteiger partial charge in [-0.2, -0.15) is 0 Å². The minimum Gasteiger partial charge on any atom is -0.492 e. The molecule has 0 aliphatic carbocycles. The van der Waals surface area contributed by atoms with Crippen LogP contribution in [0.3, 0.4) is 0 Å². The molecule has 0 atom stereocenters. The smallest absolute Gasteiger partial charge is 0.246 e. The maximum atomic E-state index is 11.6. The number of benzene rings is 2. The summed E-state index contributed by atoms with van der Waals surface area (Å²) in [5.41, 5.74) is 1.04. The highest BCUT2D eigenvalue weighted by Gasteiger charge is 2.03. The average molecular weight is 368 g/mol. The van der Waals surface area contributed by atoms with Gasteiger partial charge in [-0.1, -0.05) is 53.5 Å². The van der Waals surface area contributed by atoms with E-state index in [0.29, 0.717) is 42.0 Å². The van der Waals surface area contributed by atoms with Gasteiger partial charge in [-0.25, -0.2) is 0 Å². The third kappa shape index (κ3) is 6.79. The molecular formula is C18H19Cl2NO3. The molecule has 1 N–H and O–H groups in total. The summed E-state index contributed by atoms with van der Waals surface area (Å²) in [6.45, 7) is 1.43. The van der Waals surface area contributed by atoms with E-state index < -0.39 is 0 Å². The van der Waals surface area contributed by atoms with Crippen LogP contribution in [0.5, 0.6) is 5.75 Å². The van der Waals surface area contributed by atoms with E-state index in [-0.39, 0.29) is 12.5 Å². The molecule has 0 radical (unpaired) electrons. The number of ether oxygens (including phenoxy) is 2. The number of nitrogens with one attached hydrogen (secondary N) is 1. The minimum atomic E-state index is -0.143. The van der Waals surface area contributed by atoms with Gasteiger partial charge in [-0.3, -0.25) is 4.79 Å². The van der Waals surface area contributed by atoms with Crippen molar-refractivity contribution in [2.45, 2.75) is 13.0 Å². The third-order valence-electron chi connectivity index (χ3n) is 3.14. The SMILES string of the molecule is O=C(COCc1ccccc1)NCCCOc1ccc(Cl)cc1Cl. The normalized spacial score (nSPS) is 10.4. The maximum Gasteiger partial charge on any atom is 0.246 e. The number of hydrogen-bond donors (Lipinski definition) is 1. The van der Waals surface area contributed by atoms with Crippen molar-refractivity contribution in [2.75, 3.05) is 19.8 Å². The number of amides is 1. The Morgan fingerprint density at radius 2 is 1.88 bits per heavy atom. The van der Waals surface area contributed by atoms with Crippen LogP contribution in [0, 0.1) is 0 Å². The molecule has 0 bridgehead atoms. The maximum absolute atomic E-state index is 11.6. The van der Waals surface area contributed by atoms with Gasteiger partial charge in [0.25, 0.3) is 0 Å². The third-order valence-corrected chi connectivity index (χ3v) is 3.67. The monoisotopic (exact) mass is 367 g/mol. The van der Waals surface area contributed by atoms with Crippen molar-refractivity contribution in [3.63, 3.8) is 0 Å². The van der Waals surface area contributed by atoms with E-state index in [9.17, 15) is 4.79 Å². The zero-order valence-electron chi connectivity index (χ0n) is 13.1. The molecule has 0 fully saturated rings. The van der Waals surface area contributed by atoms with Crippen LogP contribution >= 0.6 is 23.2 Å². The summed E-state index contributed by atoms with van der Waals surface area (Å²) in [4.78, 5) is 11.6. The highest BCUT2D eigenvalue weighted by atomic mass is 35.5. The van der Waals surface area contributed by atoms with Crippen molar-refractivity contribution >= 4 is 29.1 Å². The molecule has 0 saturated heterocycles. The number of carbonyl (C=O) groups excluding carboxylic acids is 1. The Hall–Kier alpha value is -1.75. The lowest BCUT2D eigenvalue weighted by molar-refractivity contribution is -0.126. The van der Waals surface area contributed by atoms with E-state index in [1.54, 1.807) is 18.2 Å². The minimum absolute atomic E-state index is 0.0404. The Morgan fingerprint density at radius 1 is 1.08 bits per heavy atom. The zero-order valence-corrected chi connectivity index (χ0v) is 14.6. The fraction of sp³-hybridized carbons (Fsp3) is 0.278. The van der Waals surface area contributed by atoms with Crippen LogP contribution in [-0.4, -0.2) is 25.7 Å². The van der Waals surface area contributed by atoms with Gasteiger partial charge in [-0.15, -0.1) is 0 Å². The quantitative estimate of drug-likeness (QED) is 0.678. The van der Waals surface area contributed by atoms with E-state index in [0.717, 1.165) is 5.56 Å². The van der Waals surface area contributed by atoms with Gasteiger partial charge >= 0.3 is 0 Å². The summed E-state index contributed by atoms with van der Waals surface area (Å²) < 4.78 is 10.9. The summed E-state index contributed by atoms with van der Waals surface area (Å²) in [6, 6.07) is 14.8. The second kappa shape index (κ2) is 10.2. The van der Waals surface area contributed by atoms with E-state index in [1.165, 1.54) is 0 Å². The number of rotatable bonds is 9. The number of carbonyl (C=O) groups is 1. The molecule has 2 rings (SSSR count). The molecular weight excluding hydrogens is 349 g/mol. The molecule has 4 nitrogen and oxygen atoms in total. The Labute approximate surface area is 151 Å². The van der Waals surface area contributed by atoms with Crippen LogP contribution in [0.2, 0.25) is 10.0 Å². The van der Waals surface area contributed by atoms with E-state index in [4.69, 9.17) is 32.7 Å². The predicted octanol–water partition coefficient (Wildman–Crippen LogP) is 4.10. The second-order valence-corrected chi connectivity index (χ2v) is 5.95. The summed E-state index contributed by atoms with van der Waals surface area (Å²) >= 11 is 11.8. The van der Waals surface area contributed by atoms with Gasteiger partial charge in [0.2, 0.25) is 5.91 Å². The molecule has 24 heavy (non-hydrogen) atoms. The van der Waals surface area contributed by atoms with Crippen LogP contribution in [-0.2, 0) is 16.1 Å². The Morgan fingerprint density at radius 3 is 2.62 bits per heavy atom. The lowest BCUT2D eigenvalue weighted by Crippen LogP contribution is -2.29. The molecule has 6 heteroatoms. The first-order valence-corrected chi connectivity index (χ1v) is 8.37. The molecule has 2 aromatic rings. The second-order valence-electron chi connectivity index (χ2n) is 5.11. The molecule has 0 aliphatic rings. The lowest BCUT2D eigenvalue weighted by Gasteiger charge is -2.09. The fourth-order valence-corrected chi connectivity index (χ4v) is 2.42. The fourth-order valence-electron chi connectivity index (χ4n) is 1.96. The Kier molecular flexibility index (Phi) is 7.89. The lowest BCUT2D eigenvalue weighted by atomic mass is 10.2. The molecule has 128 valence electrons. The van der Waals surface area contributed by atoms with Gasteiger partial charge < -0.3 is 14.8 Å². The van der Waals surface area contributed by atoms with Crippen molar-refractivity contribution in [3.05, 3.63) is 64.1 Å². The van der Waals surface area contributed by atoms with Crippen molar-refractivity contribution in [3.8, 4) is 5.75 Å². The summed E-state index contributed by atoms with van der Waals surface area (Å²) in [6.07, 6.45) is 0.670. The Balaban J connectivity index is 1.54. The average Bonchev–Trinajstić information content (AvgIpc) is 2.57. The Bertz CT molecular complexity index is 650. The molecule has 2 aromatic carbocycles. The van der Waals surface area contributed by atoms with Gasteiger partial charge in [0.1, 0.15) is 12.4 Å². The van der Waals surface area contributed by atoms with Crippen LogP contribution < -0.4 is 10.1 Å². The highest BCUT2D eigenvalue weighted by molar-refractivity contribution is 6.35. The molecule has 0 aromatic heterocycles. The predicted molar refractivity (Wildman–Crippen MR) is 95.7 cm³/mol. The van der Waals surface area contributed by atoms with Crippen LogP contribution in [0.15, 0.2) is 48.5 Å². The highest BCUT2D eigenvalue weighted by Crippen LogP contribution is 2.27. The van der Waals surface area contributed by atoms with Gasteiger partial charge in [0.15, 0.2) is 0 Å². The molecule has 0 unspecified atom stereocenters. The molecule has 0 spiro atoms. The first-order valence-electron chi connectivity index (χ1n) is 7.61. The molecule has 0 saturated carbocycles. The zero-order chi connectivity index (χ0) is 17.2. The van der Waals surface area contributed by atoms with Crippen LogP contribution in [0.4, 0.5) is 0 Å².